The van der Waals surface area contributed by atoms with Crippen LogP contribution in [0.5, 0.6) is 0 Å². The van der Waals surface area contributed by atoms with E-state index in [1.807, 2.05) is 0 Å². The van der Waals surface area contributed by atoms with Gasteiger partial charge in [-0.05, 0) is 58.4 Å². The molecule has 1 saturated heterocycles. The highest BCUT2D eigenvalue weighted by Gasteiger charge is 2.45. The summed E-state index contributed by atoms with van der Waals surface area (Å²) in [5.74, 6) is 0.948. The Morgan fingerprint density at radius 1 is 1.11 bits per heavy atom. The van der Waals surface area contributed by atoms with Gasteiger partial charge in [-0.1, -0.05) is 26.2 Å². The lowest BCUT2D eigenvalue weighted by Gasteiger charge is -2.48. The van der Waals surface area contributed by atoms with Gasteiger partial charge in [-0.3, -0.25) is 4.90 Å². The van der Waals surface area contributed by atoms with Crippen molar-refractivity contribution in [1.29, 1.82) is 0 Å². The van der Waals surface area contributed by atoms with E-state index < -0.39 is 0 Å². The normalized spacial score (nSPS) is 37.7. The first-order chi connectivity index (χ1) is 8.54. The summed E-state index contributed by atoms with van der Waals surface area (Å²) in [5, 5.41) is 0. The minimum Gasteiger partial charge on any atom is -0.329 e. The highest BCUT2D eigenvalue weighted by atomic mass is 15.3. The molecule has 0 spiro atoms. The van der Waals surface area contributed by atoms with Gasteiger partial charge in [-0.15, -0.1) is 0 Å². The maximum Gasteiger partial charge on any atom is 0.0337 e. The van der Waals surface area contributed by atoms with Crippen LogP contribution in [-0.2, 0) is 0 Å². The maximum atomic E-state index is 6.25. The molecule has 2 fully saturated rings. The van der Waals surface area contributed by atoms with Gasteiger partial charge in [0.25, 0.3) is 0 Å². The summed E-state index contributed by atoms with van der Waals surface area (Å²) in [5.41, 5.74) is 6.93. The minimum atomic E-state index is 0.309. The van der Waals surface area contributed by atoms with Gasteiger partial charge in [0.15, 0.2) is 0 Å². The van der Waals surface area contributed by atoms with Gasteiger partial charge in [0.05, 0.1) is 0 Å². The lowest BCUT2D eigenvalue weighted by Crippen LogP contribution is -2.58. The van der Waals surface area contributed by atoms with Gasteiger partial charge < -0.3 is 5.73 Å². The number of nitrogens with two attached hydrogens (primary N) is 1. The molecule has 18 heavy (non-hydrogen) atoms. The summed E-state index contributed by atoms with van der Waals surface area (Å²) in [7, 11) is 0. The molecular formula is C16H32N2. The second-order valence-electron chi connectivity index (χ2n) is 7.20. The highest BCUT2D eigenvalue weighted by Crippen LogP contribution is 2.42. The zero-order valence-corrected chi connectivity index (χ0v) is 12.7. The quantitative estimate of drug-likeness (QED) is 0.778. The SMILES string of the molecule is CCC1CCCC(CN)(N2CCCC2(C)C)CC1. The van der Waals surface area contributed by atoms with Gasteiger partial charge in [-0.25, -0.2) is 0 Å². The van der Waals surface area contributed by atoms with Crippen molar-refractivity contribution in [2.24, 2.45) is 11.7 Å². The fourth-order valence-electron chi connectivity index (χ4n) is 4.44. The first kappa shape index (κ1) is 14.3. The molecule has 1 aliphatic carbocycles. The van der Waals surface area contributed by atoms with Crippen LogP contribution in [0.3, 0.4) is 0 Å². The second-order valence-corrected chi connectivity index (χ2v) is 7.20. The molecule has 0 amide bonds. The smallest absolute Gasteiger partial charge is 0.0337 e. The van der Waals surface area contributed by atoms with Crippen molar-refractivity contribution in [1.82, 2.24) is 4.90 Å². The topological polar surface area (TPSA) is 29.3 Å². The molecule has 1 aliphatic heterocycles. The second kappa shape index (κ2) is 5.50. The van der Waals surface area contributed by atoms with Crippen molar-refractivity contribution in [3.63, 3.8) is 0 Å². The predicted octanol–water partition coefficient (Wildman–Crippen LogP) is 3.55. The lowest BCUT2D eigenvalue weighted by molar-refractivity contribution is 0.0225. The zero-order valence-electron chi connectivity index (χ0n) is 12.7. The molecule has 2 aliphatic rings. The highest BCUT2D eigenvalue weighted by molar-refractivity contribution is 5.02. The molecule has 1 saturated carbocycles. The van der Waals surface area contributed by atoms with Gasteiger partial charge >= 0.3 is 0 Å². The average Bonchev–Trinajstić information content (AvgIpc) is 2.61. The summed E-state index contributed by atoms with van der Waals surface area (Å²) in [6.45, 7) is 9.30. The maximum absolute atomic E-state index is 6.25. The van der Waals surface area contributed by atoms with E-state index in [-0.39, 0.29) is 0 Å². The van der Waals surface area contributed by atoms with Crippen LogP contribution in [0, 0.1) is 5.92 Å². The molecule has 0 aromatic rings. The molecule has 106 valence electrons. The third kappa shape index (κ3) is 2.60. The van der Waals surface area contributed by atoms with Crippen LogP contribution < -0.4 is 5.73 Å². The Bertz CT molecular complexity index is 274. The Kier molecular flexibility index (Phi) is 4.38. The van der Waals surface area contributed by atoms with E-state index in [1.165, 1.54) is 57.9 Å². The molecule has 2 N–H and O–H groups in total. The third-order valence-electron chi connectivity index (χ3n) is 5.70. The van der Waals surface area contributed by atoms with E-state index in [4.69, 9.17) is 5.73 Å². The van der Waals surface area contributed by atoms with Crippen molar-refractivity contribution in [2.45, 2.75) is 83.2 Å². The Morgan fingerprint density at radius 2 is 1.89 bits per heavy atom. The molecule has 2 atom stereocenters. The summed E-state index contributed by atoms with van der Waals surface area (Å²) in [6, 6.07) is 0. The van der Waals surface area contributed by atoms with Crippen molar-refractivity contribution in [3.8, 4) is 0 Å². The molecule has 2 rings (SSSR count). The van der Waals surface area contributed by atoms with Crippen LogP contribution >= 0.6 is 0 Å². The average molecular weight is 252 g/mol. The molecule has 1 heterocycles. The molecule has 2 unspecified atom stereocenters. The standard InChI is InChI=1S/C16H32N2/c1-4-14-7-5-10-16(13-17,11-8-14)18-12-6-9-15(18,2)3/h14H,4-13,17H2,1-3H3. The molecule has 2 heteroatoms. The molecule has 0 radical (unpaired) electrons. The van der Waals surface area contributed by atoms with Gasteiger partial charge in [0.1, 0.15) is 0 Å². The molecular weight excluding hydrogens is 220 g/mol. The summed E-state index contributed by atoms with van der Waals surface area (Å²) < 4.78 is 0. The number of rotatable bonds is 3. The van der Waals surface area contributed by atoms with Crippen LogP contribution in [0.25, 0.3) is 0 Å². The summed E-state index contributed by atoms with van der Waals surface area (Å²) in [6.07, 6.45) is 10.9. The fraction of sp³-hybridized carbons (Fsp3) is 1.00. The largest absolute Gasteiger partial charge is 0.329 e. The zero-order chi connectivity index (χ0) is 13.2. The first-order valence-electron chi connectivity index (χ1n) is 8.02. The van der Waals surface area contributed by atoms with E-state index in [1.54, 1.807) is 0 Å². The Labute approximate surface area is 113 Å². The lowest BCUT2D eigenvalue weighted by atomic mass is 9.84. The molecule has 0 aromatic heterocycles. The van der Waals surface area contributed by atoms with Crippen molar-refractivity contribution >= 4 is 0 Å². The molecule has 0 bridgehead atoms. The summed E-state index contributed by atoms with van der Waals surface area (Å²) in [4.78, 5) is 2.78. The van der Waals surface area contributed by atoms with Crippen molar-refractivity contribution in [2.75, 3.05) is 13.1 Å². The number of hydrogen-bond donors (Lipinski definition) is 1. The Hall–Kier alpha value is -0.0800. The molecule has 2 nitrogen and oxygen atoms in total. The third-order valence-corrected chi connectivity index (χ3v) is 5.70. The van der Waals surface area contributed by atoms with E-state index >= 15 is 0 Å². The minimum absolute atomic E-state index is 0.309. The molecule has 0 aromatic carbocycles. The summed E-state index contributed by atoms with van der Waals surface area (Å²) >= 11 is 0. The van der Waals surface area contributed by atoms with Crippen LogP contribution in [0.1, 0.15) is 72.1 Å². The predicted molar refractivity (Wildman–Crippen MR) is 78.7 cm³/mol. The van der Waals surface area contributed by atoms with Crippen LogP contribution in [0.15, 0.2) is 0 Å². The van der Waals surface area contributed by atoms with E-state index in [9.17, 15) is 0 Å². The first-order valence-corrected chi connectivity index (χ1v) is 8.02. The Balaban J connectivity index is 2.15. The van der Waals surface area contributed by atoms with Crippen LogP contribution in [-0.4, -0.2) is 29.1 Å². The number of likely N-dealkylation sites (tertiary alicyclic amines) is 1. The van der Waals surface area contributed by atoms with Crippen LogP contribution in [0.2, 0.25) is 0 Å². The fourth-order valence-corrected chi connectivity index (χ4v) is 4.44. The van der Waals surface area contributed by atoms with Crippen LogP contribution in [0.4, 0.5) is 0 Å². The Morgan fingerprint density at radius 3 is 2.44 bits per heavy atom. The van der Waals surface area contributed by atoms with Gasteiger partial charge in [0, 0.05) is 17.6 Å². The number of nitrogens with zero attached hydrogens (tertiary/aromatic N) is 1. The van der Waals surface area contributed by atoms with E-state index in [0.29, 0.717) is 11.1 Å². The van der Waals surface area contributed by atoms with E-state index in [0.717, 1.165) is 12.5 Å². The van der Waals surface area contributed by atoms with Gasteiger partial charge in [0.2, 0.25) is 0 Å². The van der Waals surface area contributed by atoms with Crippen molar-refractivity contribution in [3.05, 3.63) is 0 Å². The van der Waals surface area contributed by atoms with E-state index in [2.05, 4.69) is 25.7 Å². The monoisotopic (exact) mass is 252 g/mol. The number of hydrogen-bond acceptors (Lipinski definition) is 2. The van der Waals surface area contributed by atoms with Crippen molar-refractivity contribution < 1.29 is 0 Å². The van der Waals surface area contributed by atoms with Gasteiger partial charge in [-0.2, -0.15) is 0 Å².